The summed E-state index contributed by atoms with van der Waals surface area (Å²) in [6.07, 6.45) is 1.87. The van der Waals surface area contributed by atoms with Crippen molar-refractivity contribution in [1.82, 2.24) is 9.55 Å². The molecule has 5 nitrogen and oxygen atoms in total. The molecule has 2 aromatic rings. The fourth-order valence-electron chi connectivity index (χ4n) is 2.07. The SMILES string of the molecule is Cn1c(=O)c(CCCCC(=O)O)nc2ccccc21. The number of fused-ring (bicyclic) bond motifs is 1. The van der Waals surface area contributed by atoms with Crippen LogP contribution in [-0.2, 0) is 18.3 Å². The third kappa shape index (κ3) is 2.99. The van der Waals surface area contributed by atoms with E-state index >= 15 is 0 Å². The van der Waals surface area contributed by atoms with Crippen LogP contribution in [0.5, 0.6) is 0 Å². The minimum Gasteiger partial charge on any atom is -0.481 e. The Balaban J connectivity index is 2.21. The Labute approximate surface area is 110 Å². The molecule has 0 aliphatic heterocycles. The van der Waals surface area contributed by atoms with Crippen molar-refractivity contribution >= 4 is 17.0 Å². The van der Waals surface area contributed by atoms with Gasteiger partial charge < -0.3 is 9.67 Å². The summed E-state index contributed by atoms with van der Waals surface area (Å²) < 4.78 is 1.59. The molecular formula is C14H16N2O3. The molecule has 0 atom stereocenters. The zero-order chi connectivity index (χ0) is 13.8. The zero-order valence-electron chi connectivity index (χ0n) is 10.8. The molecule has 0 unspecified atom stereocenters. The van der Waals surface area contributed by atoms with E-state index in [4.69, 9.17) is 5.11 Å². The number of hydrogen-bond acceptors (Lipinski definition) is 3. The lowest BCUT2D eigenvalue weighted by atomic mass is 10.1. The highest BCUT2D eigenvalue weighted by molar-refractivity contribution is 5.74. The number of aromatic nitrogens is 2. The first-order valence-electron chi connectivity index (χ1n) is 6.26. The Bertz CT molecular complexity index is 661. The van der Waals surface area contributed by atoms with Crippen LogP contribution < -0.4 is 5.56 Å². The average molecular weight is 260 g/mol. The zero-order valence-corrected chi connectivity index (χ0v) is 10.8. The summed E-state index contributed by atoms with van der Waals surface area (Å²) in [6, 6.07) is 7.48. The Hall–Kier alpha value is -2.17. The van der Waals surface area contributed by atoms with E-state index in [2.05, 4.69) is 4.98 Å². The second kappa shape index (κ2) is 5.65. The van der Waals surface area contributed by atoms with Crippen LogP contribution in [0.2, 0.25) is 0 Å². The van der Waals surface area contributed by atoms with Crippen molar-refractivity contribution in [3.05, 3.63) is 40.3 Å². The van der Waals surface area contributed by atoms with Crippen LogP contribution in [0, 0.1) is 0 Å². The minimum absolute atomic E-state index is 0.103. The second-order valence-corrected chi connectivity index (χ2v) is 4.51. The first-order valence-corrected chi connectivity index (χ1v) is 6.26. The van der Waals surface area contributed by atoms with Crippen LogP contribution in [-0.4, -0.2) is 20.6 Å². The first kappa shape index (κ1) is 13.3. The van der Waals surface area contributed by atoms with Gasteiger partial charge in [-0.2, -0.15) is 0 Å². The van der Waals surface area contributed by atoms with Crippen molar-refractivity contribution in [1.29, 1.82) is 0 Å². The van der Waals surface area contributed by atoms with E-state index in [1.165, 1.54) is 0 Å². The number of hydrogen-bond donors (Lipinski definition) is 1. The summed E-state index contributed by atoms with van der Waals surface area (Å²) in [5.74, 6) is -0.806. The van der Waals surface area contributed by atoms with E-state index < -0.39 is 5.97 Å². The van der Waals surface area contributed by atoms with Crippen molar-refractivity contribution < 1.29 is 9.90 Å². The van der Waals surface area contributed by atoms with Gasteiger partial charge in [-0.25, -0.2) is 4.98 Å². The van der Waals surface area contributed by atoms with Gasteiger partial charge in [0.05, 0.1) is 11.0 Å². The lowest BCUT2D eigenvalue weighted by molar-refractivity contribution is -0.137. The number of aliphatic carboxylic acids is 1. The van der Waals surface area contributed by atoms with Crippen molar-refractivity contribution in [2.75, 3.05) is 0 Å². The van der Waals surface area contributed by atoms with Gasteiger partial charge in [0, 0.05) is 13.5 Å². The molecule has 100 valence electrons. The predicted octanol–water partition coefficient (Wildman–Crippen LogP) is 1.73. The number of aryl methyl sites for hydroxylation is 2. The van der Waals surface area contributed by atoms with Gasteiger partial charge in [-0.15, -0.1) is 0 Å². The summed E-state index contributed by atoms with van der Waals surface area (Å²) in [7, 11) is 1.73. The molecule has 0 radical (unpaired) electrons. The van der Waals surface area contributed by atoms with Crippen LogP contribution in [0.15, 0.2) is 29.1 Å². The molecule has 0 bridgehead atoms. The summed E-state index contributed by atoms with van der Waals surface area (Å²) in [5, 5.41) is 8.57. The monoisotopic (exact) mass is 260 g/mol. The van der Waals surface area contributed by atoms with Gasteiger partial charge in [0.15, 0.2) is 0 Å². The molecule has 0 fully saturated rings. The Kier molecular flexibility index (Phi) is 3.94. The van der Waals surface area contributed by atoms with Crippen LogP contribution in [0.1, 0.15) is 25.0 Å². The fraction of sp³-hybridized carbons (Fsp3) is 0.357. The summed E-state index contributed by atoms with van der Waals surface area (Å²) >= 11 is 0. The minimum atomic E-state index is -0.806. The van der Waals surface area contributed by atoms with Crippen LogP contribution in [0.3, 0.4) is 0 Å². The molecule has 19 heavy (non-hydrogen) atoms. The number of nitrogens with zero attached hydrogens (tertiary/aromatic N) is 2. The van der Waals surface area contributed by atoms with Gasteiger partial charge in [-0.3, -0.25) is 9.59 Å². The van der Waals surface area contributed by atoms with Crippen LogP contribution >= 0.6 is 0 Å². The third-order valence-corrected chi connectivity index (χ3v) is 3.10. The number of carboxylic acid groups (broad SMARTS) is 1. The molecule has 2 rings (SSSR count). The number of carboxylic acids is 1. The molecule has 1 aromatic heterocycles. The molecule has 1 aromatic carbocycles. The molecule has 0 saturated heterocycles. The van der Waals surface area contributed by atoms with E-state index in [-0.39, 0.29) is 12.0 Å². The van der Waals surface area contributed by atoms with Gasteiger partial charge in [-0.1, -0.05) is 12.1 Å². The summed E-state index contributed by atoms with van der Waals surface area (Å²) in [6.45, 7) is 0. The normalized spacial score (nSPS) is 10.8. The largest absolute Gasteiger partial charge is 0.481 e. The Morgan fingerprint density at radius 1 is 1.32 bits per heavy atom. The molecule has 1 heterocycles. The average Bonchev–Trinajstić information content (AvgIpc) is 2.40. The van der Waals surface area contributed by atoms with E-state index in [1.54, 1.807) is 11.6 Å². The molecule has 0 aliphatic rings. The first-order chi connectivity index (χ1) is 9.09. The van der Waals surface area contributed by atoms with E-state index in [0.29, 0.717) is 25.0 Å². The topological polar surface area (TPSA) is 72.2 Å². The maximum absolute atomic E-state index is 12.1. The second-order valence-electron chi connectivity index (χ2n) is 4.51. The maximum Gasteiger partial charge on any atom is 0.303 e. The highest BCUT2D eigenvalue weighted by Crippen LogP contribution is 2.10. The third-order valence-electron chi connectivity index (χ3n) is 3.10. The van der Waals surface area contributed by atoms with E-state index in [0.717, 1.165) is 11.0 Å². The van der Waals surface area contributed by atoms with Crippen LogP contribution in [0.4, 0.5) is 0 Å². The standard InChI is InChI=1S/C14H16N2O3/c1-16-12-8-4-2-6-10(12)15-11(14(16)19)7-3-5-9-13(17)18/h2,4,6,8H,3,5,7,9H2,1H3,(H,17,18). The van der Waals surface area contributed by atoms with Gasteiger partial charge in [0.25, 0.3) is 5.56 Å². The van der Waals surface area contributed by atoms with Gasteiger partial charge in [0.1, 0.15) is 5.69 Å². The molecule has 0 amide bonds. The molecule has 1 N–H and O–H groups in total. The maximum atomic E-state index is 12.1. The lowest BCUT2D eigenvalue weighted by Gasteiger charge is -2.07. The number of rotatable bonds is 5. The quantitative estimate of drug-likeness (QED) is 0.831. The van der Waals surface area contributed by atoms with Gasteiger partial charge >= 0.3 is 5.97 Å². The fourth-order valence-corrected chi connectivity index (χ4v) is 2.07. The highest BCUT2D eigenvalue weighted by Gasteiger charge is 2.08. The van der Waals surface area contributed by atoms with E-state index in [9.17, 15) is 9.59 Å². The summed E-state index contributed by atoms with van der Waals surface area (Å²) in [4.78, 5) is 26.9. The van der Waals surface area contributed by atoms with E-state index in [1.807, 2.05) is 24.3 Å². The van der Waals surface area contributed by atoms with Gasteiger partial charge in [-0.05, 0) is 31.4 Å². The number of benzene rings is 1. The smallest absolute Gasteiger partial charge is 0.303 e. The number of carbonyl (C=O) groups is 1. The molecule has 0 aliphatic carbocycles. The molecule has 5 heteroatoms. The predicted molar refractivity (Wildman–Crippen MR) is 72.2 cm³/mol. The number of unbranched alkanes of at least 4 members (excludes halogenated alkanes) is 1. The van der Waals surface area contributed by atoms with Crippen LogP contribution in [0.25, 0.3) is 11.0 Å². The van der Waals surface area contributed by atoms with Crippen molar-refractivity contribution in [3.8, 4) is 0 Å². The van der Waals surface area contributed by atoms with Crippen molar-refractivity contribution in [2.45, 2.75) is 25.7 Å². The summed E-state index contributed by atoms with van der Waals surface area (Å²) in [5.41, 5.74) is 2.00. The lowest BCUT2D eigenvalue weighted by Crippen LogP contribution is -2.23. The number of para-hydroxylation sites is 2. The molecular weight excluding hydrogens is 244 g/mol. The van der Waals surface area contributed by atoms with Gasteiger partial charge in [0.2, 0.25) is 0 Å². The Morgan fingerprint density at radius 3 is 2.79 bits per heavy atom. The van der Waals surface area contributed by atoms with Crippen molar-refractivity contribution in [3.63, 3.8) is 0 Å². The molecule has 0 saturated carbocycles. The highest BCUT2D eigenvalue weighted by atomic mass is 16.4. The van der Waals surface area contributed by atoms with Crippen molar-refractivity contribution in [2.24, 2.45) is 7.05 Å². The molecule has 0 spiro atoms. The Morgan fingerprint density at radius 2 is 2.05 bits per heavy atom.